The highest BCUT2D eigenvalue weighted by atomic mass is 32.2. The summed E-state index contributed by atoms with van der Waals surface area (Å²) in [6.07, 6.45) is 1.66. The lowest BCUT2D eigenvalue weighted by molar-refractivity contribution is -0.122. The topological polar surface area (TPSA) is 93.6 Å². The molecule has 0 saturated carbocycles. The van der Waals surface area contributed by atoms with Crippen molar-refractivity contribution in [1.82, 2.24) is 4.90 Å². The molecule has 1 amide bonds. The van der Waals surface area contributed by atoms with Gasteiger partial charge < -0.3 is 4.42 Å². The second-order valence-corrected chi connectivity index (χ2v) is 10.4. The third kappa shape index (κ3) is 4.36. The first kappa shape index (κ1) is 20.0. The van der Waals surface area contributed by atoms with E-state index in [0.29, 0.717) is 32.9 Å². The molecule has 2 N–H and O–H groups in total. The number of primary sulfonamides is 1. The van der Waals surface area contributed by atoms with Crippen LogP contribution in [0.2, 0.25) is 0 Å². The molecule has 148 valence electrons. The summed E-state index contributed by atoms with van der Waals surface area (Å²) in [5, 5.41) is 7.07. The van der Waals surface area contributed by atoms with E-state index in [1.807, 2.05) is 17.5 Å². The highest BCUT2D eigenvalue weighted by Gasteiger charge is 2.32. The van der Waals surface area contributed by atoms with Crippen molar-refractivity contribution < 1.29 is 17.6 Å². The second kappa shape index (κ2) is 7.88. The zero-order valence-electron chi connectivity index (χ0n) is 14.8. The molecule has 3 aromatic rings. The lowest BCUT2D eigenvalue weighted by atomic mass is 10.2. The molecular formula is C19H14N2O4S4. The van der Waals surface area contributed by atoms with E-state index in [9.17, 15) is 13.2 Å². The average molecular weight is 463 g/mol. The highest BCUT2D eigenvalue weighted by Crippen LogP contribution is 2.35. The zero-order chi connectivity index (χ0) is 20.6. The van der Waals surface area contributed by atoms with Crippen LogP contribution in [0.3, 0.4) is 0 Å². The third-order valence-electron chi connectivity index (χ3n) is 4.14. The predicted octanol–water partition coefficient (Wildman–Crippen LogP) is 4.06. The van der Waals surface area contributed by atoms with E-state index in [2.05, 4.69) is 0 Å². The van der Waals surface area contributed by atoms with Crippen molar-refractivity contribution in [2.45, 2.75) is 11.4 Å². The Balaban J connectivity index is 1.53. The molecule has 0 spiro atoms. The smallest absolute Gasteiger partial charge is 0.266 e. The van der Waals surface area contributed by atoms with Gasteiger partial charge >= 0.3 is 0 Å². The van der Waals surface area contributed by atoms with Crippen LogP contribution in [0.5, 0.6) is 0 Å². The number of rotatable bonds is 5. The summed E-state index contributed by atoms with van der Waals surface area (Å²) in [5.74, 6) is 0.905. The minimum absolute atomic E-state index is 0.0300. The number of thiocarbonyl (C=S) groups is 1. The number of hydrogen-bond acceptors (Lipinski definition) is 7. The van der Waals surface area contributed by atoms with Gasteiger partial charge in [0.25, 0.3) is 5.91 Å². The van der Waals surface area contributed by atoms with Gasteiger partial charge in [-0.3, -0.25) is 9.69 Å². The van der Waals surface area contributed by atoms with Crippen LogP contribution in [-0.4, -0.2) is 23.5 Å². The summed E-state index contributed by atoms with van der Waals surface area (Å²) in [6, 6.07) is 13.5. The summed E-state index contributed by atoms with van der Waals surface area (Å²) in [6.45, 7) is 0.458. The van der Waals surface area contributed by atoms with Gasteiger partial charge in [-0.2, -0.15) is 0 Å². The summed E-state index contributed by atoms with van der Waals surface area (Å²) in [4.78, 5) is 15.9. The molecule has 0 bridgehead atoms. The Morgan fingerprint density at radius 3 is 2.55 bits per heavy atom. The summed E-state index contributed by atoms with van der Waals surface area (Å²) in [7, 11) is -3.74. The molecule has 4 rings (SSSR count). The van der Waals surface area contributed by atoms with Gasteiger partial charge in [0.15, 0.2) is 0 Å². The number of carbonyl (C=O) groups is 1. The monoisotopic (exact) mass is 462 g/mol. The molecule has 0 radical (unpaired) electrons. The van der Waals surface area contributed by atoms with Crippen LogP contribution in [-0.2, 0) is 21.4 Å². The Morgan fingerprint density at radius 2 is 1.90 bits per heavy atom. The van der Waals surface area contributed by atoms with E-state index in [-0.39, 0.29) is 10.8 Å². The second-order valence-electron chi connectivity index (χ2n) is 6.12. The van der Waals surface area contributed by atoms with E-state index in [4.69, 9.17) is 21.8 Å². The Morgan fingerprint density at radius 1 is 1.14 bits per heavy atom. The van der Waals surface area contributed by atoms with Crippen LogP contribution in [0.25, 0.3) is 17.4 Å². The van der Waals surface area contributed by atoms with Crippen molar-refractivity contribution in [3.8, 4) is 11.3 Å². The lowest BCUT2D eigenvalue weighted by Crippen LogP contribution is -2.26. The minimum atomic E-state index is -3.74. The molecule has 1 aliphatic heterocycles. The number of nitrogens with zero attached hydrogens (tertiary/aromatic N) is 1. The van der Waals surface area contributed by atoms with Gasteiger partial charge in [0.05, 0.1) is 16.3 Å². The van der Waals surface area contributed by atoms with E-state index >= 15 is 0 Å². The maximum atomic E-state index is 12.7. The van der Waals surface area contributed by atoms with Crippen LogP contribution in [0.4, 0.5) is 0 Å². The number of amides is 1. The number of thiophene rings is 1. The third-order valence-corrected chi connectivity index (χ3v) is 7.30. The average Bonchev–Trinajstić information content (AvgIpc) is 3.40. The normalized spacial score (nSPS) is 16.2. The molecule has 6 nitrogen and oxygen atoms in total. The van der Waals surface area contributed by atoms with Crippen LogP contribution in [0, 0.1) is 0 Å². The first-order valence-corrected chi connectivity index (χ1v) is 12.0. The number of hydrogen-bond donors (Lipinski definition) is 1. The number of furan rings is 1. The van der Waals surface area contributed by atoms with Gasteiger partial charge in [0.2, 0.25) is 10.0 Å². The molecular weight excluding hydrogens is 448 g/mol. The number of thioether (sulfide) groups is 1. The summed E-state index contributed by atoms with van der Waals surface area (Å²) >= 11 is 8.17. The summed E-state index contributed by atoms with van der Waals surface area (Å²) in [5.41, 5.74) is 0.697. The quantitative estimate of drug-likeness (QED) is 0.454. The van der Waals surface area contributed by atoms with Gasteiger partial charge in [0.1, 0.15) is 15.8 Å². The molecule has 1 fully saturated rings. The van der Waals surface area contributed by atoms with Gasteiger partial charge in [-0.25, -0.2) is 13.6 Å². The first-order chi connectivity index (χ1) is 13.8. The van der Waals surface area contributed by atoms with E-state index < -0.39 is 10.0 Å². The number of benzene rings is 1. The Hall–Kier alpha value is -2.24. The lowest BCUT2D eigenvalue weighted by Gasteiger charge is -2.12. The minimum Gasteiger partial charge on any atom is -0.457 e. The molecule has 1 aliphatic rings. The van der Waals surface area contributed by atoms with Crippen LogP contribution < -0.4 is 5.14 Å². The van der Waals surface area contributed by atoms with Crippen LogP contribution in [0.15, 0.2) is 68.1 Å². The standard InChI is InChI=1S/C19H14N2O4S4/c20-29(23,24)15-6-3-12(4-7-15)16-8-5-13(25-16)10-17-18(22)21(19(26)28-17)11-14-2-1-9-27-14/h1-10H,11H2,(H2,20,23,24). The SMILES string of the molecule is NS(=O)(=O)c1ccc(-c2ccc(C=C3SC(=S)N(Cc4cccs4)C3=O)o2)cc1. The van der Waals surface area contributed by atoms with Crippen LogP contribution >= 0.6 is 35.3 Å². The first-order valence-electron chi connectivity index (χ1n) is 8.32. The molecule has 0 aliphatic carbocycles. The van der Waals surface area contributed by atoms with Gasteiger partial charge in [-0.1, -0.05) is 30.0 Å². The summed E-state index contributed by atoms with van der Waals surface area (Å²) < 4.78 is 29.0. The van der Waals surface area contributed by atoms with Crippen molar-refractivity contribution in [3.05, 3.63) is 69.5 Å². The Kier molecular flexibility index (Phi) is 5.45. The molecule has 10 heteroatoms. The molecule has 0 unspecified atom stereocenters. The Bertz CT molecular complexity index is 1210. The number of sulfonamides is 1. The van der Waals surface area contributed by atoms with E-state index in [1.54, 1.807) is 46.6 Å². The maximum absolute atomic E-state index is 12.7. The Labute approximate surface area is 181 Å². The van der Waals surface area contributed by atoms with Crippen molar-refractivity contribution in [2.75, 3.05) is 0 Å². The molecule has 2 aromatic heterocycles. The molecule has 3 heterocycles. The van der Waals surface area contributed by atoms with Gasteiger partial charge in [0, 0.05) is 16.5 Å². The van der Waals surface area contributed by atoms with Crippen molar-refractivity contribution in [2.24, 2.45) is 5.14 Å². The van der Waals surface area contributed by atoms with Crippen molar-refractivity contribution in [1.29, 1.82) is 0 Å². The highest BCUT2D eigenvalue weighted by molar-refractivity contribution is 8.26. The molecule has 1 aromatic carbocycles. The van der Waals surface area contributed by atoms with E-state index in [0.717, 1.165) is 4.88 Å². The van der Waals surface area contributed by atoms with Crippen molar-refractivity contribution in [3.63, 3.8) is 0 Å². The molecule has 0 atom stereocenters. The fraction of sp³-hybridized carbons (Fsp3) is 0.0526. The largest absolute Gasteiger partial charge is 0.457 e. The fourth-order valence-corrected chi connectivity index (χ4v) is 5.16. The zero-order valence-corrected chi connectivity index (χ0v) is 18.0. The van der Waals surface area contributed by atoms with Crippen molar-refractivity contribution >= 4 is 61.6 Å². The fourth-order valence-electron chi connectivity index (χ4n) is 2.72. The maximum Gasteiger partial charge on any atom is 0.266 e. The number of carbonyl (C=O) groups excluding carboxylic acids is 1. The predicted molar refractivity (Wildman–Crippen MR) is 119 cm³/mol. The van der Waals surface area contributed by atoms with Gasteiger partial charge in [-0.15, -0.1) is 11.3 Å². The van der Waals surface area contributed by atoms with Gasteiger partial charge in [-0.05, 0) is 47.8 Å². The molecule has 29 heavy (non-hydrogen) atoms. The van der Waals surface area contributed by atoms with Crippen LogP contribution in [0.1, 0.15) is 10.6 Å². The number of nitrogens with two attached hydrogens (primary N) is 1. The molecule has 1 saturated heterocycles. The van der Waals surface area contributed by atoms with E-state index in [1.165, 1.54) is 23.9 Å².